The summed E-state index contributed by atoms with van der Waals surface area (Å²) >= 11 is 2.19. The van der Waals surface area contributed by atoms with Crippen LogP contribution in [0.3, 0.4) is 0 Å². The summed E-state index contributed by atoms with van der Waals surface area (Å²) in [5.41, 5.74) is 2.39. The second-order valence-electron chi connectivity index (χ2n) is 6.53. The number of anilines is 2. The highest BCUT2D eigenvalue weighted by molar-refractivity contribution is 14.1. The van der Waals surface area contributed by atoms with E-state index in [0.29, 0.717) is 12.2 Å². The number of hydrogen-bond acceptors (Lipinski definition) is 4. The van der Waals surface area contributed by atoms with Gasteiger partial charge in [0.05, 0.1) is 24.3 Å². The van der Waals surface area contributed by atoms with Crippen molar-refractivity contribution in [2.45, 2.75) is 13.3 Å². The number of hydrogen-bond donors (Lipinski definition) is 1. The maximum Gasteiger partial charge on any atom is 0.307 e. The van der Waals surface area contributed by atoms with Gasteiger partial charge in [0.1, 0.15) is 0 Å². The maximum absolute atomic E-state index is 12.9. The predicted octanol–water partition coefficient (Wildman–Crippen LogP) is 4.90. The summed E-state index contributed by atoms with van der Waals surface area (Å²) in [7, 11) is 1.96. The molecule has 0 fully saturated rings. The number of amides is 1. The monoisotopic (exact) mass is 502 g/mol. The Labute approximate surface area is 184 Å². The number of halogens is 1. The Morgan fingerprint density at radius 3 is 2.59 bits per heavy atom. The predicted molar refractivity (Wildman–Crippen MR) is 125 cm³/mol. The molecular weight excluding hydrogens is 479 g/mol. The summed E-state index contributed by atoms with van der Waals surface area (Å²) in [6, 6.07) is 20.1. The van der Waals surface area contributed by atoms with Crippen LogP contribution in [0.2, 0.25) is 0 Å². The highest BCUT2D eigenvalue weighted by Gasteiger charge is 2.17. The van der Waals surface area contributed by atoms with Gasteiger partial charge in [0, 0.05) is 28.2 Å². The van der Waals surface area contributed by atoms with Crippen molar-refractivity contribution in [1.82, 2.24) is 5.32 Å². The zero-order chi connectivity index (χ0) is 20.8. The van der Waals surface area contributed by atoms with E-state index in [4.69, 9.17) is 4.74 Å². The lowest BCUT2D eigenvalue weighted by Gasteiger charge is -2.24. The summed E-state index contributed by atoms with van der Waals surface area (Å²) in [6.45, 7) is 2.34. The van der Waals surface area contributed by atoms with Crippen LogP contribution in [0.15, 0.2) is 60.7 Å². The van der Waals surface area contributed by atoms with Crippen molar-refractivity contribution in [3.8, 4) is 0 Å². The minimum Gasteiger partial charge on any atom is -0.466 e. The molecule has 1 N–H and O–H groups in total. The topological polar surface area (TPSA) is 58.6 Å². The molecule has 1 amide bonds. The Hall–Kier alpha value is -2.61. The molecule has 0 aliphatic heterocycles. The van der Waals surface area contributed by atoms with Crippen LogP contribution in [-0.2, 0) is 9.53 Å². The Bertz CT molecular complexity index is 1030. The summed E-state index contributed by atoms with van der Waals surface area (Å²) in [6.07, 6.45) is 0.151. The SMILES string of the molecule is CCOC(=O)CCNC(=O)c1cc(I)ccc1N(C)c1cccc2ccccc12. The Morgan fingerprint density at radius 2 is 1.79 bits per heavy atom. The molecule has 0 aliphatic rings. The first kappa shape index (κ1) is 21.1. The minimum absolute atomic E-state index is 0.151. The van der Waals surface area contributed by atoms with E-state index in [1.807, 2.05) is 54.4 Å². The fraction of sp³-hybridized carbons (Fsp3) is 0.217. The van der Waals surface area contributed by atoms with Gasteiger partial charge in [-0.15, -0.1) is 0 Å². The third-order valence-electron chi connectivity index (χ3n) is 4.61. The molecule has 0 saturated heterocycles. The number of carbonyl (C=O) groups is 2. The molecule has 0 atom stereocenters. The molecule has 0 heterocycles. The zero-order valence-electron chi connectivity index (χ0n) is 16.4. The molecule has 29 heavy (non-hydrogen) atoms. The van der Waals surface area contributed by atoms with Gasteiger partial charge in [0.2, 0.25) is 0 Å². The number of nitrogens with one attached hydrogen (secondary N) is 1. The molecule has 0 spiro atoms. The van der Waals surface area contributed by atoms with E-state index in [1.54, 1.807) is 6.92 Å². The van der Waals surface area contributed by atoms with Gasteiger partial charge >= 0.3 is 5.97 Å². The van der Waals surface area contributed by atoms with E-state index < -0.39 is 0 Å². The van der Waals surface area contributed by atoms with Crippen molar-refractivity contribution >= 4 is 56.6 Å². The minimum atomic E-state index is -0.316. The molecular formula is C23H23IN2O3. The van der Waals surface area contributed by atoms with Crippen LogP contribution < -0.4 is 10.2 Å². The molecule has 0 radical (unpaired) electrons. The van der Waals surface area contributed by atoms with Gasteiger partial charge in [-0.05, 0) is 59.2 Å². The number of nitrogens with zero attached hydrogens (tertiary/aromatic N) is 1. The van der Waals surface area contributed by atoms with Gasteiger partial charge in [-0.2, -0.15) is 0 Å². The molecule has 0 saturated carbocycles. The molecule has 0 bridgehead atoms. The van der Waals surface area contributed by atoms with Crippen molar-refractivity contribution in [2.24, 2.45) is 0 Å². The lowest BCUT2D eigenvalue weighted by molar-refractivity contribution is -0.142. The Morgan fingerprint density at radius 1 is 1.03 bits per heavy atom. The van der Waals surface area contributed by atoms with Crippen molar-refractivity contribution in [2.75, 3.05) is 25.1 Å². The second-order valence-corrected chi connectivity index (χ2v) is 7.78. The van der Waals surface area contributed by atoms with E-state index in [9.17, 15) is 9.59 Å². The summed E-state index contributed by atoms with van der Waals surface area (Å²) in [4.78, 5) is 26.4. The van der Waals surface area contributed by atoms with E-state index in [2.05, 4.69) is 46.1 Å². The summed E-state index contributed by atoms with van der Waals surface area (Å²) in [5, 5.41) is 5.09. The highest BCUT2D eigenvalue weighted by atomic mass is 127. The smallest absolute Gasteiger partial charge is 0.307 e. The van der Waals surface area contributed by atoms with Gasteiger partial charge in [0.15, 0.2) is 0 Å². The van der Waals surface area contributed by atoms with Gasteiger partial charge in [-0.3, -0.25) is 9.59 Å². The Kier molecular flexibility index (Phi) is 7.09. The largest absolute Gasteiger partial charge is 0.466 e. The first-order valence-electron chi connectivity index (χ1n) is 9.46. The second kappa shape index (κ2) is 9.73. The van der Waals surface area contributed by atoms with Crippen LogP contribution in [0.1, 0.15) is 23.7 Å². The highest BCUT2D eigenvalue weighted by Crippen LogP contribution is 2.33. The van der Waals surface area contributed by atoms with Gasteiger partial charge in [-0.1, -0.05) is 36.4 Å². The number of esters is 1. The Balaban J connectivity index is 1.88. The van der Waals surface area contributed by atoms with Crippen molar-refractivity contribution in [3.05, 3.63) is 69.8 Å². The zero-order valence-corrected chi connectivity index (χ0v) is 18.6. The summed E-state index contributed by atoms with van der Waals surface area (Å²) < 4.78 is 5.88. The molecule has 0 aromatic heterocycles. The molecule has 3 aromatic rings. The van der Waals surface area contributed by atoms with Crippen molar-refractivity contribution in [3.63, 3.8) is 0 Å². The molecule has 0 aliphatic carbocycles. The lowest BCUT2D eigenvalue weighted by Crippen LogP contribution is -2.28. The van der Waals surface area contributed by atoms with Gasteiger partial charge < -0.3 is 15.0 Å². The molecule has 150 valence electrons. The number of fused-ring (bicyclic) bond motifs is 1. The molecule has 5 nitrogen and oxygen atoms in total. The number of rotatable bonds is 7. The van der Waals surface area contributed by atoms with E-state index in [-0.39, 0.29) is 24.8 Å². The third-order valence-corrected chi connectivity index (χ3v) is 5.28. The van der Waals surface area contributed by atoms with Gasteiger partial charge in [-0.25, -0.2) is 0 Å². The van der Waals surface area contributed by atoms with E-state index in [1.165, 1.54) is 0 Å². The van der Waals surface area contributed by atoms with Crippen molar-refractivity contribution < 1.29 is 14.3 Å². The molecule has 3 rings (SSSR count). The van der Waals surface area contributed by atoms with Crippen LogP contribution in [0, 0.1) is 3.57 Å². The number of ether oxygens (including phenoxy) is 1. The van der Waals surface area contributed by atoms with Crippen LogP contribution in [0.4, 0.5) is 11.4 Å². The normalized spacial score (nSPS) is 10.6. The van der Waals surface area contributed by atoms with Crippen LogP contribution in [-0.4, -0.2) is 32.1 Å². The number of benzene rings is 3. The fourth-order valence-electron chi connectivity index (χ4n) is 3.22. The first-order valence-corrected chi connectivity index (χ1v) is 10.5. The standard InChI is InChI=1S/C23H23IN2O3/c1-3-29-22(27)13-14-25-23(28)19-15-17(24)11-12-21(19)26(2)20-10-6-8-16-7-4-5-9-18(16)20/h4-12,15H,3,13-14H2,1-2H3,(H,25,28). The van der Waals surface area contributed by atoms with Gasteiger partial charge in [0.25, 0.3) is 5.91 Å². The van der Waals surface area contributed by atoms with Crippen LogP contribution in [0.5, 0.6) is 0 Å². The first-order chi connectivity index (χ1) is 14.0. The molecule has 3 aromatic carbocycles. The van der Waals surface area contributed by atoms with Crippen LogP contribution >= 0.6 is 22.6 Å². The number of carbonyl (C=O) groups excluding carboxylic acids is 2. The van der Waals surface area contributed by atoms with Crippen molar-refractivity contribution in [1.29, 1.82) is 0 Å². The third kappa shape index (κ3) is 5.06. The quantitative estimate of drug-likeness (QED) is 0.369. The average molecular weight is 502 g/mol. The van der Waals surface area contributed by atoms with Crippen LogP contribution in [0.25, 0.3) is 10.8 Å². The van der Waals surface area contributed by atoms with E-state index in [0.717, 1.165) is 25.7 Å². The molecule has 6 heteroatoms. The maximum atomic E-state index is 12.9. The molecule has 0 unspecified atom stereocenters. The van der Waals surface area contributed by atoms with E-state index >= 15 is 0 Å². The lowest BCUT2D eigenvalue weighted by atomic mass is 10.1. The fourth-order valence-corrected chi connectivity index (χ4v) is 3.71. The summed E-state index contributed by atoms with van der Waals surface area (Å²) in [5.74, 6) is -0.529. The average Bonchev–Trinajstić information content (AvgIpc) is 2.73.